The van der Waals surface area contributed by atoms with Gasteiger partial charge in [-0.15, -0.1) is 0 Å². The molecule has 0 N–H and O–H groups in total. The Bertz CT molecular complexity index is 908. The van der Waals surface area contributed by atoms with Crippen LogP contribution in [0.2, 0.25) is 0 Å². The second-order valence-electron chi connectivity index (χ2n) is 6.43. The van der Waals surface area contributed by atoms with E-state index in [9.17, 15) is 0 Å². The average molecular weight is 340 g/mol. The number of benzene rings is 2. The molecule has 0 spiro atoms. The highest BCUT2D eigenvalue weighted by molar-refractivity contribution is 5.73. The van der Waals surface area contributed by atoms with Crippen LogP contribution in [-0.2, 0) is 0 Å². The molecule has 0 aliphatic heterocycles. The molecule has 0 saturated heterocycles. The summed E-state index contributed by atoms with van der Waals surface area (Å²) in [7, 11) is 0. The van der Waals surface area contributed by atoms with Gasteiger partial charge in [-0.1, -0.05) is 77.9 Å². The summed E-state index contributed by atoms with van der Waals surface area (Å²) in [6, 6.07) is 20.5. The zero-order valence-electron chi connectivity index (χ0n) is 15.4. The molecule has 0 atom stereocenters. The third-order valence-corrected chi connectivity index (χ3v) is 4.16. The van der Waals surface area contributed by atoms with Gasteiger partial charge in [-0.05, 0) is 44.4 Å². The van der Waals surface area contributed by atoms with Gasteiger partial charge in [-0.2, -0.15) is 0 Å². The first kappa shape index (κ1) is 17.8. The maximum Gasteiger partial charge on any atom is 0.159 e. The van der Waals surface area contributed by atoms with Crippen molar-refractivity contribution < 1.29 is 0 Å². The van der Waals surface area contributed by atoms with Crippen molar-refractivity contribution in [1.82, 2.24) is 9.97 Å². The van der Waals surface area contributed by atoms with Gasteiger partial charge in [0.25, 0.3) is 0 Å². The molecule has 0 unspecified atom stereocenters. The van der Waals surface area contributed by atoms with Gasteiger partial charge < -0.3 is 0 Å². The normalized spacial score (nSPS) is 12.8. The second-order valence-corrected chi connectivity index (χ2v) is 6.43. The predicted molar refractivity (Wildman–Crippen MR) is 110 cm³/mol. The lowest BCUT2D eigenvalue weighted by Crippen LogP contribution is -1.95. The van der Waals surface area contributed by atoms with E-state index in [4.69, 9.17) is 0 Å². The Balaban J connectivity index is 0.000000236. The highest BCUT2D eigenvalue weighted by atomic mass is 14.9. The third-order valence-electron chi connectivity index (χ3n) is 4.16. The van der Waals surface area contributed by atoms with E-state index in [-0.39, 0.29) is 0 Å². The van der Waals surface area contributed by atoms with Crippen molar-refractivity contribution >= 4 is 5.57 Å². The summed E-state index contributed by atoms with van der Waals surface area (Å²) < 4.78 is 0. The van der Waals surface area contributed by atoms with Crippen LogP contribution < -0.4 is 0 Å². The van der Waals surface area contributed by atoms with Gasteiger partial charge in [0.15, 0.2) is 5.82 Å². The maximum absolute atomic E-state index is 4.68. The summed E-state index contributed by atoms with van der Waals surface area (Å²) in [5.74, 6) is 0.793. The Labute approximate surface area is 156 Å². The highest BCUT2D eigenvalue weighted by Gasteiger charge is 2.06. The lowest BCUT2D eigenvalue weighted by Gasteiger charge is -2.08. The van der Waals surface area contributed by atoms with Gasteiger partial charge in [0.05, 0.1) is 5.69 Å². The molecule has 26 heavy (non-hydrogen) atoms. The van der Waals surface area contributed by atoms with Gasteiger partial charge >= 0.3 is 0 Å². The molecule has 1 aliphatic rings. The Morgan fingerprint density at radius 1 is 0.808 bits per heavy atom. The molecule has 2 heteroatoms. The zero-order valence-corrected chi connectivity index (χ0v) is 15.4. The average Bonchev–Trinajstić information content (AvgIpc) is 2.70. The summed E-state index contributed by atoms with van der Waals surface area (Å²) in [5.41, 5.74) is 5.82. The molecule has 0 bridgehead atoms. The number of aromatic nitrogens is 2. The minimum absolute atomic E-state index is 0.793. The van der Waals surface area contributed by atoms with E-state index in [0.29, 0.717) is 0 Å². The van der Waals surface area contributed by atoms with E-state index in [2.05, 4.69) is 72.4 Å². The van der Waals surface area contributed by atoms with Gasteiger partial charge in [0.1, 0.15) is 0 Å². The van der Waals surface area contributed by atoms with Crippen LogP contribution in [0.4, 0.5) is 0 Å². The van der Waals surface area contributed by atoms with E-state index in [1.807, 2.05) is 36.5 Å². The SMILES string of the molecule is Cc1cccc(-c2nccc(C3=CCCC=C3)n2)c1.Cc1ccccc1. The number of nitrogens with zero attached hydrogens (tertiary/aromatic N) is 2. The third kappa shape index (κ3) is 5.00. The van der Waals surface area contributed by atoms with Crippen molar-refractivity contribution in [2.24, 2.45) is 0 Å². The van der Waals surface area contributed by atoms with E-state index in [1.165, 1.54) is 16.7 Å². The van der Waals surface area contributed by atoms with Gasteiger partial charge in [-0.3, -0.25) is 0 Å². The van der Waals surface area contributed by atoms with Crippen LogP contribution in [0, 0.1) is 13.8 Å². The molecule has 1 aliphatic carbocycles. The van der Waals surface area contributed by atoms with E-state index in [0.717, 1.165) is 29.9 Å². The minimum Gasteiger partial charge on any atom is -0.237 e. The Morgan fingerprint density at radius 3 is 2.27 bits per heavy atom. The Kier molecular flexibility index (Phi) is 6.10. The monoisotopic (exact) mass is 340 g/mol. The Hall–Kier alpha value is -3.00. The first-order chi connectivity index (χ1) is 12.7. The van der Waals surface area contributed by atoms with Crippen molar-refractivity contribution in [3.8, 4) is 11.4 Å². The lowest BCUT2D eigenvalue weighted by molar-refractivity contribution is 1.03. The van der Waals surface area contributed by atoms with Crippen molar-refractivity contribution in [2.45, 2.75) is 26.7 Å². The standard InChI is InChI=1S/C17H16N2.C7H8/c1-13-6-5-9-15(12-13)17-18-11-10-16(19-17)14-7-3-2-4-8-14;1-7-5-3-2-4-6-7/h3,5-12H,2,4H2,1H3;2-6H,1H3. The van der Waals surface area contributed by atoms with Crippen molar-refractivity contribution in [2.75, 3.05) is 0 Å². The molecular weight excluding hydrogens is 316 g/mol. The smallest absolute Gasteiger partial charge is 0.159 e. The fourth-order valence-electron chi connectivity index (χ4n) is 2.78. The van der Waals surface area contributed by atoms with Crippen LogP contribution in [0.25, 0.3) is 17.0 Å². The number of rotatable bonds is 2. The van der Waals surface area contributed by atoms with Crippen LogP contribution in [0.15, 0.2) is 85.1 Å². The largest absolute Gasteiger partial charge is 0.237 e. The van der Waals surface area contributed by atoms with E-state index < -0.39 is 0 Å². The minimum atomic E-state index is 0.793. The van der Waals surface area contributed by atoms with Gasteiger partial charge in [-0.25, -0.2) is 9.97 Å². The van der Waals surface area contributed by atoms with Crippen molar-refractivity contribution in [1.29, 1.82) is 0 Å². The van der Waals surface area contributed by atoms with Crippen molar-refractivity contribution in [3.05, 3.63) is 102 Å². The topological polar surface area (TPSA) is 25.8 Å². The van der Waals surface area contributed by atoms with E-state index >= 15 is 0 Å². The highest BCUT2D eigenvalue weighted by Crippen LogP contribution is 2.22. The summed E-state index contributed by atoms with van der Waals surface area (Å²) in [6.07, 6.45) is 10.6. The number of hydrogen-bond donors (Lipinski definition) is 0. The Morgan fingerprint density at radius 2 is 1.62 bits per heavy atom. The van der Waals surface area contributed by atoms with Crippen LogP contribution in [0.1, 0.15) is 29.7 Å². The summed E-state index contributed by atoms with van der Waals surface area (Å²) >= 11 is 0. The first-order valence-corrected chi connectivity index (χ1v) is 9.01. The molecule has 130 valence electrons. The van der Waals surface area contributed by atoms with Gasteiger partial charge in [0, 0.05) is 11.8 Å². The fraction of sp³-hybridized carbons (Fsp3) is 0.167. The molecule has 0 saturated carbocycles. The molecule has 3 aromatic rings. The second kappa shape index (κ2) is 8.91. The molecule has 2 nitrogen and oxygen atoms in total. The molecule has 2 aromatic carbocycles. The molecular formula is C24H24N2. The molecule has 1 aromatic heterocycles. The first-order valence-electron chi connectivity index (χ1n) is 9.01. The van der Waals surface area contributed by atoms with Crippen LogP contribution in [-0.4, -0.2) is 9.97 Å². The number of aryl methyl sites for hydroxylation is 2. The number of hydrogen-bond acceptors (Lipinski definition) is 2. The van der Waals surface area contributed by atoms with Crippen LogP contribution in [0.5, 0.6) is 0 Å². The molecule has 0 amide bonds. The predicted octanol–water partition coefficient (Wildman–Crippen LogP) is 6.18. The molecule has 1 heterocycles. The quantitative estimate of drug-likeness (QED) is 0.556. The molecule has 4 rings (SSSR count). The van der Waals surface area contributed by atoms with Crippen molar-refractivity contribution in [3.63, 3.8) is 0 Å². The lowest BCUT2D eigenvalue weighted by atomic mass is 10.0. The number of allylic oxidation sites excluding steroid dienone is 4. The summed E-state index contributed by atoms with van der Waals surface area (Å²) in [4.78, 5) is 9.06. The fourth-order valence-corrected chi connectivity index (χ4v) is 2.78. The molecule has 0 fully saturated rings. The van der Waals surface area contributed by atoms with Crippen LogP contribution in [0.3, 0.4) is 0 Å². The van der Waals surface area contributed by atoms with Crippen LogP contribution >= 0.6 is 0 Å². The zero-order chi connectivity index (χ0) is 18.2. The van der Waals surface area contributed by atoms with Gasteiger partial charge in [0.2, 0.25) is 0 Å². The summed E-state index contributed by atoms with van der Waals surface area (Å²) in [6.45, 7) is 4.17. The molecule has 0 radical (unpaired) electrons. The maximum atomic E-state index is 4.68. The van der Waals surface area contributed by atoms with E-state index in [1.54, 1.807) is 0 Å². The summed E-state index contributed by atoms with van der Waals surface area (Å²) in [5, 5.41) is 0.